The fourth-order valence-electron chi connectivity index (χ4n) is 2.84. The average molecular weight is 245 g/mol. The molecule has 1 saturated carbocycles. The molecule has 1 aliphatic carbocycles. The molecule has 3 N–H and O–H groups in total. The number of hydrogen-bond donors (Lipinski definition) is 2. The molecule has 0 aliphatic heterocycles. The van der Waals surface area contributed by atoms with Gasteiger partial charge in [0.05, 0.1) is 11.6 Å². The van der Waals surface area contributed by atoms with Crippen LogP contribution in [0.2, 0.25) is 0 Å². The minimum atomic E-state index is 0.324. The second-order valence-corrected chi connectivity index (χ2v) is 5.28. The Hall–Kier alpha value is -1.55. The molecule has 0 saturated heterocycles. The number of aromatic nitrogens is 2. The van der Waals surface area contributed by atoms with Crippen LogP contribution in [0.1, 0.15) is 31.7 Å². The quantitative estimate of drug-likeness (QED) is 0.798. The van der Waals surface area contributed by atoms with Crippen LogP contribution in [0.5, 0.6) is 0 Å². The Morgan fingerprint density at radius 1 is 1.28 bits per heavy atom. The first-order chi connectivity index (χ1) is 8.76. The molecule has 0 atom stereocenters. The van der Waals surface area contributed by atoms with E-state index in [9.17, 15) is 0 Å². The summed E-state index contributed by atoms with van der Waals surface area (Å²) in [5.74, 6) is 0.488. The topological polar surface area (TPSA) is 64.1 Å². The number of hydrogen-bond acceptors (Lipinski definition) is 3. The van der Waals surface area contributed by atoms with Crippen LogP contribution in [0.15, 0.2) is 24.4 Å². The number of anilines is 1. The third-order valence-corrected chi connectivity index (χ3v) is 3.99. The van der Waals surface area contributed by atoms with Crippen molar-refractivity contribution in [2.75, 3.05) is 12.3 Å². The summed E-state index contributed by atoms with van der Waals surface area (Å²) in [5, 5.41) is 14.9. The molecule has 2 aromatic rings. The van der Waals surface area contributed by atoms with Gasteiger partial charge in [0.25, 0.3) is 0 Å². The molecule has 1 aromatic heterocycles. The van der Waals surface area contributed by atoms with Crippen molar-refractivity contribution in [3.05, 3.63) is 24.4 Å². The zero-order chi connectivity index (χ0) is 12.5. The highest BCUT2D eigenvalue weighted by atomic mass is 16.3. The van der Waals surface area contributed by atoms with E-state index in [-0.39, 0.29) is 0 Å². The monoisotopic (exact) mass is 245 g/mol. The number of fused-ring (bicyclic) bond motifs is 1. The zero-order valence-electron chi connectivity index (χ0n) is 10.4. The first-order valence-corrected chi connectivity index (χ1v) is 6.61. The zero-order valence-corrected chi connectivity index (χ0v) is 10.4. The molecule has 1 fully saturated rings. The summed E-state index contributed by atoms with van der Waals surface area (Å²) in [6.45, 7) is 0.324. The summed E-state index contributed by atoms with van der Waals surface area (Å²) in [5.41, 5.74) is 7.57. The van der Waals surface area contributed by atoms with Crippen molar-refractivity contribution in [1.82, 2.24) is 9.78 Å². The van der Waals surface area contributed by atoms with Gasteiger partial charge in [-0.3, -0.25) is 4.68 Å². The van der Waals surface area contributed by atoms with E-state index < -0.39 is 0 Å². The number of benzene rings is 1. The SMILES string of the molecule is Nc1ccc2nn(C3CCC(CO)CC3)cc2c1. The molecule has 1 aromatic carbocycles. The van der Waals surface area contributed by atoms with Gasteiger partial charge in [-0.2, -0.15) is 5.10 Å². The molecule has 4 nitrogen and oxygen atoms in total. The standard InChI is InChI=1S/C14H19N3O/c15-12-3-6-14-11(7-12)8-17(16-14)13-4-1-10(9-18)2-5-13/h3,6-8,10,13,18H,1-2,4-5,9,15H2. The molecular weight excluding hydrogens is 226 g/mol. The third kappa shape index (κ3) is 2.08. The van der Waals surface area contributed by atoms with E-state index in [1.165, 1.54) is 0 Å². The Morgan fingerprint density at radius 2 is 2.06 bits per heavy atom. The van der Waals surface area contributed by atoms with Crippen molar-refractivity contribution in [3.63, 3.8) is 0 Å². The molecule has 1 aliphatic rings. The smallest absolute Gasteiger partial charge is 0.0924 e. The fraction of sp³-hybridized carbons (Fsp3) is 0.500. The van der Waals surface area contributed by atoms with Crippen LogP contribution in [0.4, 0.5) is 5.69 Å². The maximum atomic E-state index is 9.16. The van der Waals surface area contributed by atoms with Crippen LogP contribution < -0.4 is 5.73 Å². The van der Waals surface area contributed by atoms with Crippen molar-refractivity contribution in [2.24, 2.45) is 5.92 Å². The summed E-state index contributed by atoms with van der Waals surface area (Å²) in [4.78, 5) is 0. The maximum absolute atomic E-state index is 9.16. The van der Waals surface area contributed by atoms with Crippen LogP contribution >= 0.6 is 0 Å². The maximum Gasteiger partial charge on any atom is 0.0924 e. The molecule has 18 heavy (non-hydrogen) atoms. The minimum Gasteiger partial charge on any atom is -0.399 e. The van der Waals surface area contributed by atoms with Gasteiger partial charge in [-0.15, -0.1) is 0 Å². The number of aliphatic hydroxyl groups is 1. The van der Waals surface area contributed by atoms with E-state index in [0.717, 1.165) is 42.3 Å². The normalized spacial score (nSPS) is 24.5. The van der Waals surface area contributed by atoms with E-state index in [1.807, 2.05) is 18.2 Å². The first-order valence-electron chi connectivity index (χ1n) is 6.61. The molecule has 3 rings (SSSR count). The fourth-order valence-corrected chi connectivity index (χ4v) is 2.84. The Bertz CT molecular complexity index is 541. The van der Waals surface area contributed by atoms with Gasteiger partial charge in [-0.1, -0.05) is 0 Å². The number of rotatable bonds is 2. The molecule has 0 amide bonds. The predicted molar refractivity (Wildman–Crippen MR) is 72.2 cm³/mol. The van der Waals surface area contributed by atoms with Gasteiger partial charge < -0.3 is 10.8 Å². The molecule has 4 heteroatoms. The van der Waals surface area contributed by atoms with Gasteiger partial charge in [0, 0.05) is 23.9 Å². The van der Waals surface area contributed by atoms with Crippen molar-refractivity contribution in [3.8, 4) is 0 Å². The molecule has 0 bridgehead atoms. The summed E-state index contributed by atoms with van der Waals surface area (Å²) in [7, 11) is 0. The number of nitrogens with two attached hydrogens (primary N) is 1. The number of nitrogens with zero attached hydrogens (tertiary/aromatic N) is 2. The molecule has 0 spiro atoms. The molecular formula is C14H19N3O. The van der Waals surface area contributed by atoms with Gasteiger partial charge in [0.1, 0.15) is 0 Å². The Labute approximate surface area is 106 Å². The van der Waals surface area contributed by atoms with Crippen LogP contribution in [0.3, 0.4) is 0 Å². The summed E-state index contributed by atoms with van der Waals surface area (Å²) in [6.07, 6.45) is 6.50. The lowest BCUT2D eigenvalue weighted by Gasteiger charge is -2.27. The Morgan fingerprint density at radius 3 is 2.78 bits per heavy atom. The Balaban J connectivity index is 1.82. The highest BCUT2D eigenvalue weighted by molar-refractivity contribution is 5.81. The largest absolute Gasteiger partial charge is 0.399 e. The second-order valence-electron chi connectivity index (χ2n) is 5.28. The first kappa shape index (κ1) is 11.5. The third-order valence-electron chi connectivity index (χ3n) is 3.99. The lowest BCUT2D eigenvalue weighted by atomic mass is 9.87. The van der Waals surface area contributed by atoms with E-state index in [0.29, 0.717) is 18.6 Å². The Kier molecular flexibility index (Phi) is 2.96. The lowest BCUT2D eigenvalue weighted by molar-refractivity contribution is 0.165. The molecule has 0 radical (unpaired) electrons. The van der Waals surface area contributed by atoms with Crippen LogP contribution in [-0.4, -0.2) is 21.5 Å². The van der Waals surface area contributed by atoms with E-state index in [4.69, 9.17) is 10.8 Å². The van der Waals surface area contributed by atoms with E-state index in [2.05, 4.69) is 16.0 Å². The average Bonchev–Trinajstić information content (AvgIpc) is 2.81. The number of aliphatic hydroxyl groups excluding tert-OH is 1. The van der Waals surface area contributed by atoms with Gasteiger partial charge in [0.2, 0.25) is 0 Å². The van der Waals surface area contributed by atoms with Crippen molar-refractivity contribution in [1.29, 1.82) is 0 Å². The van der Waals surface area contributed by atoms with Crippen LogP contribution in [0.25, 0.3) is 10.9 Å². The summed E-state index contributed by atoms with van der Waals surface area (Å²) >= 11 is 0. The highest BCUT2D eigenvalue weighted by Gasteiger charge is 2.22. The highest BCUT2D eigenvalue weighted by Crippen LogP contribution is 2.32. The van der Waals surface area contributed by atoms with Gasteiger partial charge in [0.15, 0.2) is 0 Å². The molecule has 96 valence electrons. The number of nitrogen functional groups attached to an aromatic ring is 1. The van der Waals surface area contributed by atoms with E-state index in [1.54, 1.807) is 0 Å². The summed E-state index contributed by atoms with van der Waals surface area (Å²) in [6, 6.07) is 6.31. The molecule has 0 unspecified atom stereocenters. The molecule has 1 heterocycles. The van der Waals surface area contributed by atoms with Crippen molar-refractivity contribution < 1.29 is 5.11 Å². The van der Waals surface area contributed by atoms with Crippen LogP contribution in [0, 0.1) is 5.92 Å². The van der Waals surface area contributed by atoms with E-state index >= 15 is 0 Å². The lowest BCUT2D eigenvalue weighted by Crippen LogP contribution is -2.20. The van der Waals surface area contributed by atoms with Gasteiger partial charge in [-0.05, 0) is 49.8 Å². The minimum absolute atomic E-state index is 0.324. The summed E-state index contributed by atoms with van der Waals surface area (Å²) < 4.78 is 2.08. The van der Waals surface area contributed by atoms with Crippen LogP contribution in [-0.2, 0) is 0 Å². The second kappa shape index (κ2) is 4.61. The van der Waals surface area contributed by atoms with Gasteiger partial charge >= 0.3 is 0 Å². The predicted octanol–water partition coefficient (Wildman–Crippen LogP) is 2.34. The van der Waals surface area contributed by atoms with Gasteiger partial charge in [-0.25, -0.2) is 0 Å². The van der Waals surface area contributed by atoms with Crippen molar-refractivity contribution >= 4 is 16.6 Å². The van der Waals surface area contributed by atoms with Crippen molar-refractivity contribution in [2.45, 2.75) is 31.7 Å².